The zero-order valence-corrected chi connectivity index (χ0v) is 8.46. The number of aliphatic hydroxyl groups is 1. The van der Waals surface area contributed by atoms with E-state index in [9.17, 15) is 9.59 Å². The van der Waals surface area contributed by atoms with Crippen LogP contribution >= 0.6 is 0 Å². The molecule has 0 saturated carbocycles. The molecule has 0 aliphatic heterocycles. The van der Waals surface area contributed by atoms with Crippen LogP contribution in [0.4, 0.5) is 4.79 Å². The first-order valence-electron chi connectivity index (χ1n) is 4.54. The van der Waals surface area contributed by atoms with Crippen molar-refractivity contribution in [3.8, 4) is 0 Å². The van der Waals surface area contributed by atoms with Crippen molar-refractivity contribution in [2.24, 2.45) is 0 Å². The molecule has 1 unspecified atom stereocenters. The number of imide groups is 1. The predicted molar refractivity (Wildman–Crippen MR) is 51.8 cm³/mol. The van der Waals surface area contributed by atoms with Gasteiger partial charge in [-0.2, -0.15) is 0 Å². The van der Waals surface area contributed by atoms with E-state index < -0.39 is 18.0 Å². The highest BCUT2D eigenvalue weighted by molar-refractivity contribution is 5.96. The Balaban J connectivity index is 3.76. The first kappa shape index (κ1) is 12.9. The van der Waals surface area contributed by atoms with Crippen LogP contribution < -0.4 is 16.0 Å². The topological polar surface area (TPSA) is 90.5 Å². The summed E-state index contributed by atoms with van der Waals surface area (Å²) in [5.74, 6) is -0.413. The molecule has 6 nitrogen and oxygen atoms in total. The van der Waals surface area contributed by atoms with E-state index in [1.165, 1.54) is 0 Å². The van der Waals surface area contributed by atoms with Gasteiger partial charge >= 0.3 is 6.03 Å². The molecule has 6 heteroatoms. The Bertz CT molecular complexity index is 196. The summed E-state index contributed by atoms with van der Waals surface area (Å²) in [7, 11) is 0. The molecule has 14 heavy (non-hydrogen) atoms. The maximum atomic E-state index is 11.2. The maximum absolute atomic E-state index is 11.2. The van der Waals surface area contributed by atoms with Crippen LogP contribution in [-0.2, 0) is 4.79 Å². The van der Waals surface area contributed by atoms with E-state index in [0.29, 0.717) is 13.1 Å². The van der Waals surface area contributed by atoms with Gasteiger partial charge in [-0.15, -0.1) is 0 Å². The molecular formula is C8H17N3O3. The third-order valence-corrected chi connectivity index (χ3v) is 1.53. The van der Waals surface area contributed by atoms with Crippen LogP contribution in [0.2, 0.25) is 0 Å². The zero-order valence-electron chi connectivity index (χ0n) is 8.46. The Morgan fingerprint density at radius 1 is 1.43 bits per heavy atom. The molecule has 0 saturated heterocycles. The molecule has 0 heterocycles. The number of carbonyl (C=O) groups is 2. The van der Waals surface area contributed by atoms with E-state index in [1.807, 2.05) is 0 Å². The Labute approximate surface area is 83.1 Å². The van der Waals surface area contributed by atoms with Crippen molar-refractivity contribution >= 4 is 11.9 Å². The molecule has 0 rings (SSSR count). The maximum Gasteiger partial charge on any atom is 0.321 e. The van der Waals surface area contributed by atoms with Crippen LogP contribution in [0.1, 0.15) is 13.8 Å². The molecular weight excluding hydrogens is 186 g/mol. The van der Waals surface area contributed by atoms with Crippen molar-refractivity contribution in [1.82, 2.24) is 16.0 Å². The van der Waals surface area contributed by atoms with Gasteiger partial charge in [-0.05, 0) is 13.8 Å². The number of rotatable bonds is 5. The Morgan fingerprint density at radius 3 is 2.57 bits per heavy atom. The minimum atomic E-state index is -0.504. The molecule has 0 fully saturated rings. The van der Waals surface area contributed by atoms with Gasteiger partial charge in [0.05, 0.1) is 12.6 Å². The summed E-state index contributed by atoms with van der Waals surface area (Å²) in [6.45, 7) is 4.13. The first-order chi connectivity index (χ1) is 6.61. The van der Waals surface area contributed by atoms with Gasteiger partial charge in [-0.3, -0.25) is 10.1 Å². The van der Waals surface area contributed by atoms with Crippen LogP contribution in [-0.4, -0.2) is 42.8 Å². The molecule has 0 bridgehead atoms. The third kappa shape index (κ3) is 5.50. The summed E-state index contributed by atoms with van der Waals surface area (Å²) in [6, 6.07) is -1.00. The molecule has 0 aliphatic rings. The minimum Gasteiger partial charge on any atom is -0.395 e. The highest BCUT2D eigenvalue weighted by Crippen LogP contribution is 1.80. The number of nitrogens with one attached hydrogen (secondary N) is 3. The zero-order chi connectivity index (χ0) is 11.0. The summed E-state index contributed by atoms with van der Waals surface area (Å²) < 4.78 is 0. The van der Waals surface area contributed by atoms with Gasteiger partial charge in [-0.25, -0.2) is 4.79 Å². The Morgan fingerprint density at radius 2 is 2.07 bits per heavy atom. The number of carbonyl (C=O) groups excluding carboxylic acids is 2. The number of hydrogen-bond donors (Lipinski definition) is 4. The van der Waals surface area contributed by atoms with E-state index >= 15 is 0 Å². The quantitative estimate of drug-likeness (QED) is 0.452. The standard InChI is InChI=1S/C8H17N3O3/c1-3-9-8(14)11-7(13)6(2)10-4-5-12/h6,10,12H,3-5H2,1-2H3,(H2,9,11,13,14). The molecule has 3 amide bonds. The summed E-state index contributed by atoms with van der Waals surface area (Å²) in [6.07, 6.45) is 0. The summed E-state index contributed by atoms with van der Waals surface area (Å²) in [4.78, 5) is 22.1. The van der Waals surface area contributed by atoms with E-state index in [0.717, 1.165) is 0 Å². The molecule has 1 atom stereocenters. The average Bonchev–Trinajstić information content (AvgIpc) is 2.14. The highest BCUT2D eigenvalue weighted by atomic mass is 16.3. The minimum absolute atomic E-state index is 0.0429. The highest BCUT2D eigenvalue weighted by Gasteiger charge is 2.13. The van der Waals surface area contributed by atoms with Gasteiger partial charge in [0.25, 0.3) is 0 Å². The summed E-state index contributed by atoms with van der Waals surface area (Å²) in [5.41, 5.74) is 0. The molecule has 0 aromatic rings. The fraction of sp³-hybridized carbons (Fsp3) is 0.750. The third-order valence-electron chi connectivity index (χ3n) is 1.53. The van der Waals surface area contributed by atoms with Crippen LogP contribution in [0.3, 0.4) is 0 Å². The van der Waals surface area contributed by atoms with Crippen LogP contribution in [0.5, 0.6) is 0 Å². The lowest BCUT2D eigenvalue weighted by atomic mass is 10.3. The van der Waals surface area contributed by atoms with E-state index in [2.05, 4.69) is 16.0 Å². The molecule has 0 aliphatic carbocycles. The summed E-state index contributed by atoms with van der Waals surface area (Å²) >= 11 is 0. The van der Waals surface area contributed by atoms with E-state index in [4.69, 9.17) is 5.11 Å². The monoisotopic (exact) mass is 203 g/mol. The second-order valence-corrected chi connectivity index (χ2v) is 2.75. The lowest BCUT2D eigenvalue weighted by molar-refractivity contribution is -0.121. The fourth-order valence-electron chi connectivity index (χ4n) is 0.799. The normalized spacial score (nSPS) is 11.9. The first-order valence-corrected chi connectivity index (χ1v) is 4.54. The molecule has 0 aromatic heterocycles. The van der Waals surface area contributed by atoms with Gasteiger partial charge in [0.1, 0.15) is 0 Å². The average molecular weight is 203 g/mol. The fourth-order valence-corrected chi connectivity index (χ4v) is 0.799. The van der Waals surface area contributed by atoms with Gasteiger partial charge in [-0.1, -0.05) is 0 Å². The smallest absolute Gasteiger partial charge is 0.321 e. The lowest BCUT2D eigenvalue weighted by Gasteiger charge is -2.12. The van der Waals surface area contributed by atoms with Gasteiger partial charge < -0.3 is 15.7 Å². The van der Waals surface area contributed by atoms with Crippen molar-refractivity contribution in [3.63, 3.8) is 0 Å². The molecule has 0 radical (unpaired) electrons. The largest absolute Gasteiger partial charge is 0.395 e. The van der Waals surface area contributed by atoms with Crippen molar-refractivity contribution in [2.45, 2.75) is 19.9 Å². The number of urea groups is 1. The second kappa shape index (κ2) is 7.28. The van der Waals surface area contributed by atoms with Crippen molar-refractivity contribution < 1.29 is 14.7 Å². The number of hydrogen-bond acceptors (Lipinski definition) is 4. The molecule has 4 N–H and O–H groups in total. The predicted octanol–water partition coefficient (Wildman–Crippen LogP) is -1.20. The van der Waals surface area contributed by atoms with Crippen LogP contribution in [0.25, 0.3) is 0 Å². The SMILES string of the molecule is CCNC(=O)NC(=O)C(C)NCCO. The summed E-state index contributed by atoms with van der Waals surface area (Å²) in [5, 5.41) is 15.8. The Kier molecular flexibility index (Phi) is 6.69. The van der Waals surface area contributed by atoms with Crippen molar-refractivity contribution in [1.29, 1.82) is 0 Å². The van der Waals surface area contributed by atoms with Crippen molar-refractivity contribution in [3.05, 3.63) is 0 Å². The number of amides is 3. The van der Waals surface area contributed by atoms with E-state index in [1.54, 1.807) is 13.8 Å². The molecule has 0 aromatic carbocycles. The molecule has 0 spiro atoms. The van der Waals surface area contributed by atoms with E-state index in [-0.39, 0.29) is 6.61 Å². The van der Waals surface area contributed by atoms with Crippen LogP contribution in [0, 0.1) is 0 Å². The van der Waals surface area contributed by atoms with Gasteiger partial charge in [0, 0.05) is 13.1 Å². The second-order valence-electron chi connectivity index (χ2n) is 2.75. The number of aliphatic hydroxyl groups excluding tert-OH is 1. The van der Waals surface area contributed by atoms with Crippen LogP contribution in [0.15, 0.2) is 0 Å². The van der Waals surface area contributed by atoms with Crippen molar-refractivity contribution in [2.75, 3.05) is 19.7 Å². The van der Waals surface area contributed by atoms with Gasteiger partial charge in [0.2, 0.25) is 5.91 Å². The Hall–Kier alpha value is -1.14. The lowest BCUT2D eigenvalue weighted by Crippen LogP contribution is -2.48. The molecule has 82 valence electrons. The van der Waals surface area contributed by atoms with Gasteiger partial charge in [0.15, 0.2) is 0 Å².